The molecule has 1 heterocycles. The zero-order valence-corrected chi connectivity index (χ0v) is 11.3. The number of likely N-dealkylation sites (N-methyl/N-ethyl adjacent to an activating group) is 1. The molecule has 1 aliphatic carbocycles. The van der Waals surface area contributed by atoms with Gasteiger partial charge < -0.3 is 4.90 Å². The van der Waals surface area contributed by atoms with Crippen molar-refractivity contribution in [1.82, 2.24) is 9.80 Å². The van der Waals surface area contributed by atoms with E-state index in [1.165, 1.54) is 19.3 Å². The van der Waals surface area contributed by atoms with Crippen molar-refractivity contribution in [3.63, 3.8) is 0 Å². The molecule has 0 aromatic carbocycles. The van der Waals surface area contributed by atoms with Crippen LogP contribution in [0.25, 0.3) is 0 Å². The lowest BCUT2D eigenvalue weighted by molar-refractivity contribution is 0.0104. The van der Waals surface area contributed by atoms with Crippen molar-refractivity contribution in [2.45, 2.75) is 44.6 Å². The maximum atomic E-state index is 9.76. The zero-order valence-electron chi connectivity index (χ0n) is 11.3. The van der Waals surface area contributed by atoms with Gasteiger partial charge in [-0.1, -0.05) is 26.2 Å². The summed E-state index contributed by atoms with van der Waals surface area (Å²) >= 11 is 0. The van der Waals surface area contributed by atoms with Crippen molar-refractivity contribution < 1.29 is 0 Å². The molecule has 2 rings (SSSR count). The van der Waals surface area contributed by atoms with E-state index >= 15 is 0 Å². The molecule has 2 aliphatic rings. The van der Waals surface area contributed by atoms with Gasteiger partial charge in [-0.2, -0.15) is 5.26 Å². The van der Waals surface area contributed by atoms with Crippen LogP contribution < -0.4 is 0 Å². The average Bonchev–Trinajstić information content (AvgIpc) is 2.39. The number of hydrogen-bond donors (Lipinski definition) is 0. The summed E-state index contributed by atoms with van der Waals surface area (Å²) in [5.74, 6) is 0.588. The minimum atomic E-state index is -0.145. The van der Waals surface area contributed by atoms with Crippen molar-refractivity contribution in [1.29, 1.82) is 5.26 Å². The van der Waals surface area contributed by atoms with Gasteiger partial charge in [0.05, 0.1) is 6.07 Å². The van der Waals surface area contributed by atoms with Gasteiger partial charge in [-0.3, -0.25) is 4.90 Å². The molecule has 0 N–H and O–H groups in total. The van der Waals surface area contributed by atoms with E-state index < -0.39 is 0 Å². The fourth-order valence-electron chi connectivity index (χ4n) is 3.61. The molecule has 1 aliphatic heterocycles. The summed E-state index contributed by atoms with van der Waals surface area (Å²) < 4.78 is 0. The Morgan fingerprint density at radius 3 is 2.53 bits per heavy atom. The minimum absolute atomic E-state index is 0.145. The molecule has 0 spiro atoms. The van der Waals surface area contributed by atoms with Crippen LogP contribution in [0.5, 0.6) is 0 Å². The highest BCUT2D eigenvalue weighted by molar-refractivity contribution is 5.14. The quantitative estimate of drug-likeness (QED) is 0.734. The lowest BCUT2D eigenvalue weighted by Crippen LogP contribution is -2.60. The Labute approximate surface area is 105 Å². The topological polar surface area (TPSA) is 30.3 Å². The highest BCUT2D eigenvalue weighted by Crippen LogP contribution is 2.40. The van der Waals surface area contributed by atoms with E-state index in [2.05, 4.69) is 29.8 Å². The van der Waals surface area contributed by atoms with Gasteiger partial charge in [-0.25, -0.2) is 0 Å². The Hall–Kier alpha value is -0.590. The third-order valence-corrected chi connectivity index (χ3v) is 4.79. The third-order valence-electron chi connectivity index (χ3n) is 4.79. The number of piperazine rings is 1. The van der Waals surface area contributed by atoms with Gasteiger partial charge in [-0.05, 0) is 25.8 Å². The summed E-state index contributed by atoms with van der Waals surface area (Å²) in [6, 6.07) is 2.71. The predicted octanol–water partition coefficient (Wildman–Crippen LogP) is 2.10. The summed E-state index contributed by atoms with van der Waals surface area (Å²) in [6.07, 6.45) is 6.04. The maximum Gasteiger partial charge on any atom is 0.112 e. The Morgan fingerprint density at radius 2 is 1.94 bits per heavy atom. The third kappa shape index (κ3) is 2.34. The van der Waals surface area contributed by atoms with Crippen LogP contribution in [-0.2, 0) is 0 Å². The van der Waals surface area contributed by atoms with Gasteiger partial charge in [0, 0.05) is 26.2 Å². The zero-order chi connectivity index (χ0) is 12.3. The van der Waals surface area contributed by atoms with Crippen LogP contribution in [-0.4, -0.2) is 48.6 Å². The van der Waals surface area contributed by atoms with Gasteiger partial charge >= 0.3 is 0 Å². The molecule has 0 aromatic rings. The molecule has 3 heteroatoms. The number of rotatable bonds is 2. The Morgan fingerprint density at radius 1 is 1.24 bits per heavy atom. The second-order valence-corrected chi connectivity index (χ2v) is 5.68. The first-order valence-corrected chi connectivity index (χ1v) is 7.08. The highest BCUT2D eigenvalue weighted by atomic mass is 15.3. The molecule has 2 unspecified atom stereocenters. The molecule has 2 fully saturated rings. The molecule has 1 saturated carbocycles. The van der Waals surface area contributed by atoms with E-state index in [0.717, 1.165) is 39.0 Å². The smallest absolute Gasteiger partial charge is 0.112 e. The van der Waals surface area contributed by atoms with Gasteiger partial charge in [0.2, 0.25) is 0 Å². The van der Waals surface area contributed by atoms with Crippen LogP contribution >= 0.6 is 0 Å². The molecule has 0 bridgehead atoms. The van der Waals surface area contributed by atoms with E-state index in [4.69, 9.17) is 0 Å². The SMILES string of the molecule is CCC1CCCCC1(C#N)N1CCN(C)CC1. The van der Waals surface area contributed by atoms with E-state index in [1.54, 1.807) is 0 Å². The van der Waals surface area contributed by atoms with Crippen LogP contribution in [0.4, 0.5) is 0 Å². The van der Waals surface area contributed by atoms with Gasteiger partial charge in [0.25, 0.3) is 0 Å². The normalized spacial score (nSPS) is 36.6. The lowest BCUT2D eigenvalue weighted by atomic mass is 9.71. The maximum absolute atomic E-state index is 9.76. The van der Waals surface area contributed by atoms with E-state index in [1.807, 2.05) is 0 Å². The van der Waals surface area contributed by atoms with E-state index in [9.17, 15) is 5.26 Å². The van der Waals surface area contributed by atoms with Crippen molar-refractivity contribution in [3.8, 4) is 6.07 Å². The first-order valence-electron chi connectivity index (χ1n) is 7.08. The summed E-state index contributed by atoms with van der Waals surface area (Å²) in [5, 5.41) is 9.76. The van der Waals surface area contributed by atoms with Crippen molar-refractivity contribution in [2.75, 3.05) is 33.2 Å². The van der Waals surface area contributed by atoms with E-state index in [0.29, 0.717) is 5.92 Å². The van der Waals surface area contributed by atoms with Crippen LogP contribution in [0, 0.1) is 17.2 Å². The van der Waals surface area contributed by atoms with Crippen molar-refractivity contribution in [3.05, 3.63) is 0 Å². The fraction of sp³-hybridized carbons (Fsp3) is 0.929. The molecule has 0 aromatic heterocycles. The molecule has 3 nitrogen and oxygen atoms in total. The summed E-state index contributed by atoms with van der Waals surface area (Å²) in [4.78, 5) is 4.85. The Kier molecular flexibility index (Phi) is 4.06. The van der Waals surface area contributed by atoms with Crippen LogP contribution in [0.1, 0.15) is 39.0 Å². The Bertz CT molecular complexity index is 288. The van der Waals surface area contributed by atoms with Crippen LogP contribution in [0.15, 0.2) is 0 Å². The van der Waals surface area contributed by atoms with Crippen LogP contribution in [0.3, 0.4) is 0 Å². The fourth-order valence-corrected chi connectivity index (χ4v) is 3.61. The Balaban J connectivity index is 2.14. The predicted molar refractivity (Wildman–Crippen MR) is 69.7 cm³/mol. The lowest BCUT2D eigenvalue weighted by Gasteiger charge is -2.49. The number of nitriles is 1. The number of nitrogens with zero attached hydrogens (tertiary/aromatic N) is 3. The minimum Gasteiger partial charge on any atom is -0.304 e. The van der Waals surface area contributed by atoms with E-state index in [-0.39, 0.29) is 5.54 Å². The monoisotopic (exact) mass is 235 g/mol. The molecule has 17 heavy (non-hydrogen) atoms. The van der Waals surface area contributed by atoms with Crippen molar-refractivity contribution in [2.24, 2.45) is 5.92 Å². The average molecular weight is 235 g/mol. The molecular weight excluding hydrogens is 210 g/mol. The summed E-state index contributed by atoms with van der Waals surface area (Å²) in [7, 11) is 2.18. The largest absolute Gasteiger partial charge is 0.304 e. The molecular formula is C14H25N3. The van der Waals surface area contributed by atoms with Crippen LogP contribution in [0.2, 0.25) is 0 Å². The second kappa shape index (κ2) is 5.37. The van der Waals surface area contributed by atoms with Gasteiger partial charge in [0.15, 0.2) is 0 Å². The van der Waals surface area contributed by atoms with Gasteiger partial charge in [-0.15, -0.1) is 0 Å². The molecule has 0 radical (unpaired) electrons. The summed E-state index contributed by atoms with van der Waals surface area (Å²) in [5.41, 5.74) is -0.145. The second-order valence-electron chi connectivity index (χ2n) is 5.68. The highest BCUT2D eigenvalue weighted by Gasteiger charge is 2.45. The first kappa shape index (κ1) is 12.9. The first-order chi connectivity index (χ1) is 8.23. The van der Waals surface area contributed by atoms with Crippen molar-refractivity contribution >= 4 is 0 Å². The molecule has 2 atom stereocenters. The summed E-state index contributed by atoms with van der Waals surface area (Å²) in [6.45, 7) is 6.61. The van der Waals surface area contributed by atoms with Gasteiger partial charge in [0.1, 0.15) is 5.54 Å². The molecule has 1 saturated heterocycles. The number of hydrogen-bond acceptors (Lipinski definition) is 3. The molecule has 96 valence electrons. The molecule has 0 amide bonds. The standard InChI is InChI=1S/C14H25N3/c1-3-13-6-4-5-7-14(13,12-15)17-10-8-16(2)9-11-17/h13H,3-11H2,1-2H3.